The van der Waals surface area contributed by atoms with Crippen LogP contribution >= 0.6 is 23.4 Å². The van der Waals surface area contributed by atoms with E-state index in [1.165, 1.54) is 17.8 Å². The summed E-state index contributed by atoms with van der Waals surface area (Å²) < 4.78 is 0. The van der Waals surface area contributed by atoms with Crippen LogP contribution in [0.15, 0.2) is 47.2 Å². The average Bonchev–Trinajstić information content (AvgIpc) is 2.85. The number of hydrogen-bond acceptors (Lipinski definition) is 6. The highest BCUT2D eigenvalue weighted by molar-refractivity contribution is 8.00. The van der Waals surface area contributed by atoms with Gasteiger partial charge in [0.05, 0.1) is 11.3 Å². The maximum absolute atomic E-state index is 11.1. The van der Waals surface area contributed by atoms with E-state index in [0.717, 1.165) is 0 Å². The number of allylic oxidation sites excluding steroid dienone is 1. The quantitative estimate of drug-likeness (QED) is 0.577. The summed E-state index contributed by atoms with van der Waals surface area (Å²) in [5, 5.41) is 37.8. The van der Waals surface area contributed by atoms with Gasteiger partial charge in [-0.2, -0.15) is 17.0 Å². The SMILES string of the molecule is CC12C(=C(C#N)C(=N)N1c1cccc(Cl)c1)C=C(O)CC2SC[C@H](N)C(=O)O. The zero-order chi connectivity index (χ0) is 20.6. The molecule has 2 aliphatic rings. The van der Waals surface area contributed by atoms with Gasteiger partial charge in [-0.3, -0.25) is 10.2 Å². The molecule has 1 aromatic carbocycles. The van der Waals surface area contributed by atoms with Crippen LogP contribution in [0.1, 0.15) is 13.3 Å². The number of carbonyl (C=O) groups is 1. The summed E-state index contributed by atoms with van der Waals surface area (Å²) in [4.78, 5) is 12.8. The van der Waals surface area contributed by atoms with Gasteiger partial charge in [0.15, 0.2) is 0 Å². The predicted octanol–water partition coefficient (Wildman–Crippen LogP) is 3.08. The Hall–Kier alpha value is -2.47. The van der Waals surface area contributed by atoms with Crippen molar-refractivity contribution in [2.24, 2.45) is 5.73 Å². The van der Waals surface area contributed by atoms with E-state index in [9.17, 15) is 15.2 Å². The van der Waals surface area contributed by atoms with E-state index in [4.69, 9.17) is 27.9 Å². The number of hydrogen-bond donors (Lipinski definition) is 4. The third-order valence-corrected chi connectivity index (χ3v) is 6.86. The Morgan fingerprint density at radius 2 is 2.32 bits per heavy atom. The number of nitriles is 1. The highest BCUT2D eigenvalue weighted by Crippen LogP contribution is 2.50. The average molecular weight is 419 g/mol. The van der Waals surface area contributed by atoms with E-state index >= 15 is 0 Å². The highest BCUT2D eigenvalue weighted by Gasteiger charge is 2.53. The van der Waals surface area contributed by atoms with Crippen LogP contribution in [0.2, 0.25) is 5.02 Å². The van der Waals surface area contributed by atoms with Crippen molar-refractivity contribution in [3.8, 4) is 6.07 Å². The number of aliphatic hydroxyl groups excluding tert-OH is 1. The van der Waals surface area contributed by atoms with Gasteiger partial charge >= 0.3 is 5.97 Å². The Morgan fingerprint density at radius 1 is 1.61 bits per heavy atom. The molecule has 3 atom stereocenters. The largest absolute Gasteiger partial charge is 0.512 e. The van der Waals surface area contributed by atoms with Crippen LogP contribution in [0.3, 0.4) is 0 Å². The molecule has 0 saturated heterocycles. The van der Waals surface area contributed by atoms with Crippen molar-refractivity contribution in [1.82, 2.24) is 0 Å². The summed E-state index contributed by atoms with van der Waals surface area (Å²) in [6.07, 6.45) is 1.80. The first-order valence-corrected chi connectivity index (χ1v) is 9.92. The van der Waals surface area contributed by atoms with E-state index in [-0.39, 0.29) is 34.6 Å². The monoisotopic (exact) mass is 418 g/mol. The van der Waals surface area contributed by atoms with Crippen LogP contribution in [0.25, 0.3) is 0 Å². The molecule has 0 radical (unpaired) electrons. The van der Waals surface area contributed by atoms with Gasteiger partial charge in [0.2, 0.25) is 0 Å². The first-order valence-electron chi connectivity index (χ1n) is 8.49. The molecule has 3 rings (SSSR count). The van der Waals surface area contributed by atoms with Crippen LogP contribution in [-0.2, 0) is 4.79 Å². The Balaban J connectivity index is 2.10. The summed E-state index contributed by atoms with van der Waals surface area (Å²) >= 11 is 7.45. The topological polar surface area (TPSA) is 134 Å². The van der Waals surface area contributed by atoms with E-state index in [1.54, 1.807) is 29.2 Å². The zero-order valence-corrected chi connectivity index (χ0v) is 16.6. The number of carboxylic acids is 1. The summed E-state index contributed by atoms with van der Waals surface area (Å²) in [6, 6.07) is 8.01. The molecule has 0 bridgehead atoms. The van der Waals surface area contributed by atoms with E-state index in [0.29, 0.717) is 16.3 Å². The van der Waals surface area contributed by atoms with Gasteiger partial charge in [-0.1, -0.05) is 17.7 Å². The van der Waals surface area contributed by atoms with Crippen LogP contribution in [-0.4, -0.2) is 44.6 Å². The fourth-order valence-electron chi connectivity index (χ4n) is 3.63. The molecule has 0 fully saturated rings. The molecule has 146 valence electrons. The van der Waals surface area contributed by atoms with Gasteiger partial charge in [0, 0.05) is 33.7 Å². The standard InChI is InChI=1S/C19H19ClN4O3S/c1-19-14(6-12(25)7-16(19)28-9-15(22)18(26)27)13(8-21)17(23)24(19)11-4-2-3-10(20)5-11/h2-6,15-16,23,25H,7,9,22H2,1H3,(H,26,27)/t15-,16?,19?/m0/s1. The van der Waals surface area contributed by atoms with Crippen LogP contribution in [0.5, 0.6) is 0 Å². The molecule has 2 unspecified atom stereocenters. The number of fused-ring (bicyclic) bond motifs is 1. The molecule has 5 N–H and O–H groups in total. The van der Waals surface area contributed by atoms with Crippen LogP contribution < -0.4 is 10.6 Å². The van der Waals surface area contributed by atoms with Gasteiger partial charge in [-0.25, -0.2) is 0 Å². The molecule has 1 aromatic rings. The van der Waals surface area contributed by atoms with Crippen molar-refractivity contribution < 1.29 is 15.0 Å². The van der Waals surface area contributed by atoms with Crippen molar-refractivity contribution >= 4 is 40.9 Å². The Morgan fingerprint density at radius 3 is 2.93 bits per heavy atom. The first-order chi connectivity index (χ1) is 13.2. The lowest BCUT2D eigenvalue weighted by atomic mass is 9.81. The summed E-state index contributed by atoms with van der Waals surface area (Å²) in [5.74, 6) is -0.870. The number of nitrogens with two attached hydrogens (primary N) is 1. The molecule has 28 heavy (non-hydrogen) atoms. The number of aliphatic carboxylic acids is 1. The van der Waals surface area contributed by atoms with Gasteiger partial charge < -0.3 is 20.8 Å². The second kappa shape index (κ2) is 7.51. The minimum atomic E-state index is -1.10. The van der Waals surface area contributed by atoms with Gasteiger partial charge in [-0.15, -0.1) is 0 Å². The first kappa shape index (κ1) is 20.3. The van der Waals surface area contributed by atoms with Gasteiger partial charge in [-0.05, 0) is 31.2 Å². The molecule has 1 aliphatic heterocycles. The molecule has 0 aromatic heterocycles. The number of nitrogens with one attached hydrogen (secondary N) is 1. The lowest BCUT2D eigenvalue weighted by Crippen LogP contribution is -2.55. The molecule has 7 nitrogen and oxygen atoms in total. The fourth-order valence-corrected chi connectivity index (χ4v) is 5.25. The Kier molecular flexibility index (Phi) is 5.44. The lowest BCUT2D eigenvalue weighted by molar-refractivity contribution is -0.137. The smallest absolute Gasteiger partial charge is 0.321 e. The molecular formula is C19H19ClN4O3S. The van der Waals surface area contributed by atoms with E-state index in [1.807, 2.05) is 6.92 Å². The molecule has 1 heterocycles. The molecule has 0 amide bonds. The zero-order valence-electron chi connectivity index (χ0n) is 15.0. The summed E-state index contributed by atoms with van der Waals surface area (Å²) in [7, 11) is 0. The van der Waals surface area contributed by atoms with Crippen molar-refractivity contribution in [2.45, 2.75) is 30.2 Å². The number of aliphatic hydroxyl groups is 1. The second-order valence-corrected chi connectivity index (χ2v) is 8.49. The van der Waals surface area contributed by atoms with Crippen molar-refractivity contribution in [3.05, 3.63) is 52.3 Å². The molecule has 1 aliphatic carbocycles. The molecular weight excluding hydrogens is 400 g/mol. The maximum Gasteiger partial charge on any atom is 0.321 e. The van der Waals surface area contributed by atoms with E-state index in [2.05, 4.69) is 6.07 Å². The Bertz CT molecular complexity index is 955. The van der Waals surface area contributed by atoms with Gasteiger partial charge in [0.25, 0.3) is 0 Å². The Labute approximate surface area is 171 Å². The minimum Gasteiger partial charge on any atom is -0.512 e. The third-order valence-electron chi connectivity index (χ3n) is 5.04. The summed E-state index contributed by atoms with van der Waals surface area (Å²) in [6.45, 7) is 1.88. The van der Waals surface area contributed by atoms with Crippen LogP contribution in [0, 0.1) is 16.7 Å². The number of halogens is 1. The number of benzene rings is 1. The highest BCUT2D eigenvalue weighted by atomic mass is 35.5. The van der Waals surface area contributed by atoms with Crippen molar-refractivity contribution in [3.63, 3.8) is 0 Å². The molecule has 0 spiro atoms. The van der Waals surface area contributed by atoms with E-state index < -0.39 is 17.6 Å². The second-order valence-electron chi connectivity index (χ2n) is 6.82. The minimum absolute atomic E-state index is 0.0151. The normalized spacial score (nSPS) is 25.2. The number of carboxylic acid groups (broad SMARTS) is 1. The number of anilines is 1. The number of nitrogens with zero attached hydrogens (tertiary/aromatic N) is 2. The number of amidine groups is 1. The molecule has 0 saturated carbocycles. The predicted molar refractivity (Wildman–Crippen MR) is 110 cm³/mol. The van der Waals surface area contributed by atoms with Crippen LogP contribution in [0.4, 0.5) is 5.69 Å². The lowest BCUT2D eigenvalue weighted by Gasteiger charge is -2.45. The molecule has 9 heteroatoms. The van der Waals surface area contributed by atoms with Crippen molar-refractivity contribution in [1.29, 1.82) is 10.7 Å². The third kappa shape index (κ3) is 3.26. The van der Waals surface area contributed by atoms with Crippen molar-refractivity contribution in [2.75, 3.05) is 10.7 Å². The van der Waals surface area contributed by atoms with Gasteiger partial charge in [0.1, 0.15) is 23.5 Å². The fraction of sp³-hybridized carbons (Fsp3) is 0.316. The maximum atomic E-state index is 11.1. The number of thioether (sulfide) groups is 1. The number of rotatable bonds is 5. The summed E-state index contributed by atoms with van der Waals surface area (Å²) in [5.41, 5.74) is 6.16.